The molecule has 0 aliphatic rings. The van der Waals surface area contributed by atoms with Gasteiger partial charge in [-0.2, -0.15) is 0 Å². The van der Waals surface area contributed by atoms with Gasteiger partial charge in [0.25, 0.3) is 5.69 Å². The van der Waals surface area contributed by atoms with Crippen LogP contribution in [0.15, 0.2) is 34.8 Å². The van der Waals surface area contributed by atoms with Gasteiger partial charge in [0, 0.05) is 18.2 Å². The molecule has 0 N–H and O–H groups in total. The smallest absolute Gasteiger partial charge is 0.330 e. The summed E-state index contributed by atoms with van der Waals surface area (Å²) in [5.41, 5.74) is -0.0266. The molecule has 1 rings (SSSR count). The Morgan fingerprint density at radius 2 is 2.26 bits per heavy atom. The molecule has 19 heavy (non-hydrogen) atoms. The Morgan fingerprint density at radius 3 is 2.84 bits per heavy atom. The van der Waals surface area contributed by atoms with Crippen LogP contribution in [-0.4, -0.2) is 24.1 Å². The lowest BCUT2D eigenvalue weighted by Crippen LogP contribution is -2.01. The summed E-state index contributed by atoms with van der Waals surface area (Å²) in [6.07, 6.45) is 2.77. The average molecular weight is 330 g/mol. The molecule has 6 nitrogen and oxygen atoms in total. The first kappa shape index (κ1) is 15.2. The Morgan fingerprint density at radius 1 is 1.53 bits per heavy atom. The number of non-ortho nitro benzene ring substituents is 1. The van der Waals surface area contributed by atoms with Crippen LogP contribution in [0, 0.1) is 10.1 Å². The largest absolute Gasteiger partial charge is 0.488 e. The number of nitro benzene ring substituents is 1. The fourth-order valence-electron chi connectivity index (χ4n) is 1.19. The number of carbonyl (C=O) groups excluding carboxylic acids is 1. The van der Waals surface area contributed by atoms with Crippen LogP contribution >= 0.6 is 15.9 Å². The van der Waals surface area contributed by atoms with Gasteiger partial charge in [-0.15, -0.1) is 0 Å². The Balaban J connectivity index is 2.54. The van der Waals surface area contributed by atoms with E-state index in [2.05, 4.69) is 15.9 Å². The molecule has 7 heteroatoms. The number of esters is 1. The zero-order valence-electron chi connectivity index (χ0n) is 10.2. The quantitative estimate of drug-likeness (QED) is 0.347. The van der Waals surface area contributed by atoms with E-state index in [9.17, 15) is 14.9 Å². The molecule has 102 valence electrons. The number of benzene rings is 1. The molecule has 0 amide bonds. The van der Waals surface area contributed by atoms with Crippen LogP contribution < -0.4 is 4.74 Å². The highest BCUT2D eigenvalue weighted by molar-refractivity contribution is 9.10. The maximum atomic E-state index is 11.0. The van der Waals surface area contributed by atoms with Crippen LogP contribution in [-0.2, 0) is 9.53 Å². The summed E-state index contributed by atoms with van der Waals surface area (Å²) in [6, 6.07) is 4.18. The van der Waals surface area contributed by atoms with Gasteiger partial charge in [-0.1, -0.05) is 0 Å². The zero-order chi connectivity index (χ0) is 14.3. The molecule has 0 saturated carbocycles. The third-order valence-corrected chi connectivity index (χ3v) is 2.62. The number of nitro groups is 1. The molecule has 1 aromatic carbocycles. The Hall–Kier alpha value is -1.89. The molecule has 0 aromatic heterocycles. The van der Waals surface area contributed by atoms with Crippen molar-refractivity contribution in [3.63, 3.8) is 0 Å². The number of ether oxygens (including phenoxy) is 2. The molecular weight excluding hydrogens is 318 g/mol. The van der Waals surface area contributed by atoms with Crippen LogP contribution in [0.25, 0.3) is 0 Å². The van der Waals surface area contributed by atoms with Crippen molar-refractivity contribution in [1.82, 2.24) is 0 Å². The first-order valence-electron chi connectivity index (χ1n) is 5.44. The molecule has 0 saturated heterocycles. The maximum Gasteiger partial charge on any atom is 0.330 e. The Labute approximate surface area is 118 Å². The second-order valence-electron chi connectivity index (χ2n) is 3.34. The van der Waals surface area contributed by atoms with E-state index in [4.69, 9.17) is 9.47 Å². The highest BCUT2D eigenvalue weighted by Crippen LogP contribution is 2.28. The first-order valence-corrected chi connectivity index (χ1v) is 6.24. The van der Waals surface area contributed by atoms with Gasteiger partial charge in [-0.25, -0.2) is 4.79 Å². The molecule has 0 unspecified atom stereocenters. The lowest BCUT2D eigenvalue weighted by atomic mass is 10.3. The molecule has 0 bridgehead atoms. The number of nitrogens with zero attached hydrogens (tertiary/aromatic N) is 1. The summed E-state index contributed by atoms with van der Waals surface area (Å²) in [5.74, 6) is 0.0213. The predicted molar refractivity (Wildman–Crippen MR) is 72.1 cm³/mol. The van der Waals surface area contributed by atoms with Gasteiger partial charge >= 0.3 is 5.97 Å². The highest BCUT2D eigenvalue weighted by atomic mass is 79.9. The van der Waals surface area contributed by atoms with Crippen LogP contribution in [0.4, 0.5) is 5.69 Å². The van der Waals surface area contributed by atoms with Crippen LogP contribution in [0.3, 0.4) is 0 Å². The minimum Gasteiger partial charge on any atom is -0.488 e. The van der Waals surface area contributed by atoms with E-state index < -0.39 is 10.9 Å². The van der Waals surface area contributed by atoms with Gasteiger partial charge in [-0.3, -0.25) is 10.1 Å². The Bertz CT molecular complexity index is 501. The summed E-state index contributed by atoms with van der Waals surface area (Å²) in [7, 11) is 0. The monoisotopic (exact) mass is 329 g/mol. The van der Waals surface area contributed by atoms with Gasteiger partial charge in [0.05, 0.1) is 16.0 Å². The van der Waals surface area contributed by atoms with Gasteiger partial charge in [0.2, 0.25) is 0 Å². The number of rotatable bonds is 6. The summed E-state index contributed by atoms with van der Waals surface area (Å²) in [5, 5.41) is 10.5. The van der Waals surface area contributed by atoms with E-state index >= 15 is 0 Å². The minimum atomic E-state index is -0.491. The van der Waals surface area contributed by atoms with Crippen LogP contribution in [0.2, 0.25) is 0 Å². The maximum absolute atomic E-state index is 11.0. The number of halogens is 1. The molecular formula is C12H12BrNO5. The second-order valence-corrected chi connectivity index (χ2v) is 4.19. The minimum absolute atomic E-state index is 0.0266. The van der Waals surface area contributed by atoms with E-state index in [1.807, 2.05) is 0 Å². The van der Waals surface area contributed by atoms with Crippen molar-refractivity contribution in [1.29, 1.82) is 0 Å². The summed E-state index contributed by atoms with van der Waals surface area (Å²) in [6.45, 7) is 2.20. The van der Waals surface area contributed by atoms with E-state index in [1.54, 1.807) is 6.92 Å². The van der Waals surface area contributed by atoms with Crippen molar-refractivity contribution in [3.05, 3.63) is 44.9 Å². The summed E-state index contributed by atoms with van der Waals surface area (Å²) >= 11 is 3.18. The van der Waals surface area contributed by atoms with Gasteiger partial charge in [-0.05, 0) is 35.0 Å². The summed E-state index contributed by atoms with van der Waals surface area (Å²) < 4.78 is 10.5. The van der Waals surface area contributed by atoms with Crippen molar-refractivity contribution in [2.45, 2.75) is 6.92 Å². The van der Waals surface area contributed by atoms with Crippen molar-refractivity contribution in [3.8, 4) is 5.75 Å². The molecule has 1 aromatic rings. The van der Waals surface area contributed by atoms with E-state index in [-0.39, 0.29) is 12.3 Å². The molecule has 0 spiro atoms. The van der Waals surface area contributed by atoms with Crippen molar-refractivity contribution in [2.24, 2.45) is 0 Å². The fraction of sp³-hybridized carbons (Fsp3) is 0.250. The second kappa shape index (κ2) is 7.52. The number of hydrogen-bond donors (Lipinski definition) is 0. The molecule has 0 heterocycles. The zero-order valence-corrected chi connectivity index (χ0v) is 11.8. The third-order valence-electron chi connectivity index (χ3n) is 2.00. The van der Waals surface area contributed by atoms with Gasteiger partial charge < -0.3 is 9.47 Å². The third kappa shape index (κ3) is 5.09. The normalized spacial score (nSPS) is 10.4. The van der Waals surface area contributed by atoms with Crippen molar-refractivity contribution in [2.75, 3.05) is 13.2 Å². The van der Waals surface area contributed by atoms with Gasteiger partial charge in [0.15, 0.2) is 0 Å². The molecule has 0 fully saturated rings. The van der Waals surface area contributed by atoms with Gasteiger partial charge in [0.1, 0.15) is 12.4 Å². The molecule has 0 aliphatic carbocycles. The number of hydrogen-bond acceptors (Lipinski definition) is 5. The number of carbonyl (C=O) groups is 1. The SMILES string of the molecule is CCOC(=O)/C=C/COc1ccc([N+](=O)[O-])cc1Br. The van der Waals surface area contributed by atoms with E-state index in [0.29, 0.717) is 16.8 Å². The summed E-state index contributed by atoms with van der Waals surface area (Å²) in [4.78, 5) is 21.0. The van der Waals surface area contributed by atoms with Crippen LogP contribution in [0.5, 0.6) is 5.75 Å². The lowest BCUT2D eigenvalue weighted by Gasteiger charge is -2.05. The molecule has 0 aliphatic heterocycles. The van der Waals surface area contributed by atoms with E-state index in [0.717, 1.165) is 0 Å². The van der Waals surface area contributed by atoms with Crippen molar-refractivity contribution < 1.29 is 19.2 Å². The standard InChI is InChI=1S/C12H12BrNO5/c1-2-18-12(15)4-3-7-19-11-6-5-9(14(16)17)8-10(11)13/h3-6,8H,2,7H2,1H3/b4-3+. The predicted octanol–water partition coefficient (Wildman–Crippen LogP) is 2.86. The molecule has 0 atom stereocenters. The van der Waals surface area contributed by atoms with Crippen LogP contribution in [0.1, 0.15) is 6.92 Å². The lowest BCUT2D eigenvalue weighted by molar-refractivity contribution is -0.385. The molecule has 0 radical (unpaired) electrons. The fourth-order valence-corrected chi connectivity index (χ4v) is 1.67. The van der Waals surface area contributed by atoms with E-state index in [1.165, 1.54) is 30.4 Å². The first-order chi connectivity index (χ1) is 9.04. The average Bonchev–Trinajstić information content (AvgIpc) is 2.36. The Kier molecular flexibility index (Phi) is 6.01. The highest BCUT2D eigenvalue weighted by Gasteiger charge is 2.09. The topological polar surface area (TPSA) is 78.7 Å². The van der Waals surface area contributed by atoms with Crippen molar-refractivity contribution >= 4 is 27.6 Å².